The van der Waals surface area contributed by atoms with Gasteiger partial charge in [-0.2, -0.15) is 0 Å². The highest BCUT2D eigenvalue weighted by Crippen LogP contribution is 2.54. The Hall–Kier alpha value is -4.53. The molecule has 1 aromatic heterocycles. The number of imide groups is 1. The third-order valence-electron chi connectivity index (χ3n) is 7.88. The number of rotatable bonds is 9. The van der Waals surface area contributed by atoms with E-state index in [1.54, 1.807) is 26.0 Å². The molecule has 0 saturated carbocycles. The van der Waals surface area contributed by atoms with Gasteiger partial charge in [0.15, 0.2) is 0 Å². The van der Waals surface area contributed by atoms with Gasteiger partial charge in [-0.25, -0.2) is 14.5 Å². The number of carbonyl (C=O) groups is 5. The first-order valence-electron chi connectivity index (χ1n) is 15.0. The number of nitrogens with zero attached hydrogens (tertiary/aromatic N) is 2. The second kappa shape index (κ2) is 13.9. The minimum Gasteiger partial charge on any atom is -0.462 e. The molecule has 3 heterocycles. The number of fused-ring (bicyclic) bond motifs is 2. The summed E-state index contributed by atoms with van der Waals surface area (Å²) >= 11 is 5.56. The van der Waals surface area contributed by atoms with Crippen LogP contribution in [-0.2, 0) is 30.4 Å². The molecule has 6 rings (SSSR count). The van der Waals surface area contributed by atoms with E-state index in [1.165, 1.54) is 41.0 Å². The van der Waals surface area contributed by atoms with Crippen LogP contribution in [0.25, 0.3) is 0 Å². The van der Waals surface area contributed by atoms with Crippen LogP contribution in [0.5, 0.6) is 0 Å². The normalized spacial score (nSPS) is 18.2. The van der Waals surface area contributed by atoms with Gasteiger partial charge in [-0.3, -0.25) is 23.7 Å². The van der Waals surface area contributed by atoms with Crippen molar-refractivity contribution in [1.82, 2.24) is 4.57 Å². The molecular formula is C34H28BrN3O8S2. The van der Waals surface area contributed by atoms with Crippen LogP contribution in [0, 0.1) is 5.92 Å². The summed E-state index contributed by atoms with van der Waals surface area (Å²) in [5.41, 5.74) is 2.10. The standard InChI is InChI=1S/C34H28BrN3O8S2/c1-3-45-32(42)18-8-12-22(13-9-18)36-24(39)17-37-31-28(48-34(37)44)25(20-6-5-7-21(35)16-20)26-27(47-31)30(41)38(29(26)40)23-14-10-19(11-15-23)33(43)46-4-2/h5-16,25-27H,3-4,17H2,1-2H3,(H,36,39). The number of nitrogens with one attached hydrogen (secondary N) is 1. The first-order valence-corrected chi connectivity index (χ1v) is 17.5. The highest BCUT2D eigenvalue weighted by atomic mass is 79.9. The molecule has 0 aliphatic carbocycles. The molecule has 2 aliphatic rings. The molecule has 3 aromatic carbocycles. The number of thiazole rings is 1. The van der Waals surface area contributed by atoms with Crippen LogP contribution in [0.1, 0.15) is 50.9 Å². The smallest absolute Gasteiger partial charge is 0.338 e. The maximum absolute atomic E-state index is 14.1. The number of amides is 3. The molecular weight excluding hydrogens is 722 g/mol. The summed E-state index contributed by atoms with van der Waals surface area (Å²) in [6.45, 7) is 3.53. The molecule has 1 fully saturated rings. The number of esters is 2. The van der Waals surface area contributed by atoms with E-state index in [4.69, 9.17) is 9.47 Å². The highest BCUT2D eigenvalue weighted by molar-refractivity contribution is 9.10. The van der Waals surface area contributed by atoms with Crippen molar-refractivity contribution in [3.63, 3.8) is 0 Å². The van der Waals surface area contributed by atoms with E-state index >= 15 is 0 Å². The Morgan fingerprint density at radius 2 is 1.48 bits per heavy atom. The summed E-state index contributed by atoms with van der Waals surface area (Å²) in [5.74, 6) is -3.82. The van der Waals surface area contributed by atoms with E-state index < -0.39 is 51.6 Å². The number of hydrogen-bond acceptors (Lipinski definition) is 10. The Bertz CT molecular complexity index is 1990. The van der Waals surface area contributed by atoms with Gasteiger partial charge in [0.25, 0.3) is 0 Å². The van der Waals surface area contributed by atoms with Crippen molar-refractivity contribution in [3.05, 3.63) is 109 Å². The molecule has 48 heavy (non-hydrogen) atoms. The number of thioether (sulfide) groups is 1. The van der Waals surface area contributed by atoms with Crippen molar-refractivity contribution in [3.8, 4) is 0 Å². The fraction of sp³-hybridized carbons (Fsp3) is 0.235. The predicted octanol–water partition coefficient (Wildman–Crippen LogP) is 5.46. The number of anilines is 2. The number of ether oxygens (including phenoxy) is 2. The molecule has 246 valence electrons. The Balaban J connectivity index is 1.32. The average molecular weight is 751 g/mol. The van der Waals surface area contributed by atoms with Gasteiger partial charge in [0, 0.05) is 21.0 Å². The van der Waals surface area contributed by atoms with Crippen molar-refractivity contribution >= 4 is 80.1 Å². The van der Waals surface area contributed by atoms with Gasteiger partial charge in [0.05, 0.1) is 41.0 Å². The van der Waals surface area contributed by atoms with Crippen LogP contribution in [0.2, 0.25) is 0 Å². The maximum Gasteiger partial charge on any atom is 0.338 e. The molecule has 2 aliphatic heterocycles. The van der Waals surface area contributed by atoms with Gasteiger partial charge in [0.2, 0.25) is 17.7 Å². The van der Waals surface area contributed by atoms with Gasteiger partial charge < -0.3 is 14.8 Å². The van der Waals surface area contributed by atoms with E-state index in [9.17, 15) is 28.8 Å². The first kappa shape index (κ1) is 33.4. The average Bonchev–Trinajstić information content (AvgIpc) is 3.51. The largest absolute Gasteiger partial charge is 0.462 e. The number of aromatic nitrogens is 1. The summed E-state index contributed by atoms with van der Waals surface area (Å²) in [6.07, 6.45) is 0. The van der Waals surface area contributed by atoms with E-state index in [2.05, 4.69) is 21.2 Å². The van der Waals surface area contributed by atoms with Crippen LogP contribution >= 0.6 is 39.0 Å². The van der Waals surface area contributed by atoms with E-state index in [1.807, 2.05) is 24.3 Å². The zero-order chi connectivity index (χ0) is 34.1. The number of hydrogen-bond donors (Lipinski definition) is 1. The Kier molecular flexibility index (Phi) is 9.67. The summed E-state index contributed by atoms with van der Waals surface area (Å²) in [7, 11) is 0. The molecule has 3 atom stereocenters. The lowest BCUT2D eigenvalue weighted by Crippen LogP contribution is -2.33. The quantitative estimate of drug-likeness (QED) is 0.175. The Labute approximate surface area is 291 Å². The first-order chi connectivity index (χ1) is 23.1. The molecule has 14 heteroatoms. The summed E-state index contributed by atoms with van der Waals surface area (Å²) in [4.78, 5) is 80.3. The fourth-order valence-electron chi connectivity index (χ4n) is 5.78. The Morgan fingerprint density at radius 3 is 2.08 bits per heavy atom. The van der Waals surface area contributed by atoms with E-state index in [0.717, 1.165) is 38.0 Å². The molecule has 0 radical (unpaired) electrons. The number of benzene rings is 3. The van der Waals surface area contributed by atoms with E-state index in [-0.39, 0.29) is 25.3 Å². The monoisotopic (exact) mass is 749 g/mol. The highest BCUT2D eigenvalue weighted by Gasteiger charge is 2.56. The summed E-state index contributed by atoms with van der Waals surface area (Å²) in [6, 6.07) is 19.6. The number of carbonyl (C=O) groups excluding carboxylic acids is 5. The van der Waals surface area contributed by atoms with Gasteiger partial charge in [-0.05, 0) is 80.1 Å². The van der Waals surface area contributed by atoms with Crippen molar-refractivity contribution < 1.29 is 33.4 Å². The second-order valence-corrected chi connectivity index (χ2v) is 13.9. The molecule has 3 amide bonds. The molecule has 4 aromatic rings. The predicted molar refractivity (Wildman–Crippen MR) is 184 cm³/mol. The van der Waals surface area contributed by atoms with Crippen LogP contribution < -0.4 is 15.1 Å². The lowest BCUT2D eigenvalue weighted by molar-refractivity contribution is -0.122. The van der Waals surface area contributed by atoms with Crippen LogP contribution in [0.3, 0.4) is 0 Å². The van der Waals surface area contributed by atoms with Crippen LogP contribution in [0.4, 0.5) is 11.4 Å². The van der Waals surface area contributed by atoms with Gasteiger partial charge >= 0.3 is 16.8 Å². The summed E-state index contributed by atoms with van der Waals surface area (Å²) < 4.78 is 12.1. The zero-order valence-corrected chi connectivity index (χ0v) is 28.9. The Morgan fingerprint density at radius 1 is 0.854 bits per heavy atom. The molecule has 0 spiro atoms. The molecule has 0 bridgehead atoms. The minimum atomic E-state index is -0.877. The lowest BCUT2D eigenvalue weighted by Gasteiger charge is -2.30. The third-order valence-corrected chi connectivity index (χ3v) is 11.0. The molecule has 3 unspecified atom stereocenters. The SMILES string of the molecule is CCOC(=O)c1ccc(NC(=O)Cn2c3c(sc2=O)C(c2cccc(Br)c2)C2C(=O)N(c4ccc(C(=O)OCC)cc4)C(=O)C2S3)cc1. The molecule has 1 saturated heterocycles. The van der Waals surface area contributed by atoms with Crippen molar-refractivity contribution in [2.75, 3.05) is 23.4 Å². The van der Waals surface area contributed by atoms with Gasteiger partial charge in [0.1, 0.15) is 11.8 Å². The van der Waals surface area contributed by atoms with Crippen LogP contribution in [0.15, 0.2) is 87.1 Å². The second-order valence-electron chi connectivity index (χ2n) is 10.8. The lowest BCUT2D eigenvalue weighted by atomic mass is 9.83. The van der Waals surface area contributed by atoms with Crippen molar-refractivity contribution in [1.29, 1.82) is 0 Å². The van der Waals surface area contributed by atoms with E-state index in [0.29, 0.717) is 26.8 Å². The van der Waals surface area contributed by atoms with Crippen LogP contribution in [-0.4, -0.2) is 52.7 Å². The maximum atomic E-state index is 14.1. The van der Waals surface area contributed by atoms with Crippen molar-refractivity contribution in [2.45, 2.75) is 36.6 Å². The van der Waals surface area contributed by atoms with Crippen molar-refractivity contribution in [2.24, 2.45) is 5.92 Å². The zero-order valence-electron chi connectivity index (χ0n) is 25.6. The third kappa shape index (κ3) is 6.34. The minimum absolute atomic E-state index is 0.211. The summed E-state index contributed by atoms with van der Waals surface area (Å²) in [5, 5.41) is 2.32. The topological polar surface area (TPSA) is 141 Å². The number of halogens is 1. The molecule has 1 N–H and O–H groups in total. The van der Waals surface area contributed by atoms with Gasteiger partial charge in [-0.1, -0.05) is 51.2 Å². The molecule has 11 nitrogen and oxygen atoms in total. The fourth-order valence-corrected chi connectivity index (χ4v) is 8.97. The van der Waals surface area contributed by atoms with Gasteiger partial charge in [-0.15, -0.1) is 0 Å².